The number of H-pyrrole nitrogens is 1. The average Bonchev–Trinajstić information content (AvgIpc) is 2.43. The van der Waals surface area contributed by atoms with E-state index < -0.39 is 24.3 Å². The van der Waals surface area contributed by atoms with E-state index in [1.54, 1.807) is 12.1 Å². The summed E-state index contributed by atoms with van der Waals surface area (Å²) >= 11 is 0. The fraction of sp³-hybridized carbons (Fsp3) is 0.462. The summed E-state index contributed by atoms with van der Waals surface area (Å²) in [5.74, 6) is 0.988. The van der Waals surface area contributed by atoms with Crippen molar-refractivity contribution >= 4 is 13.2 Å². The smallest absolute Gasteiger partial charge is 0.400 e. The normalized spacial score (nSPS) is 21.2. The Labute approximate surface area is 111 Å². The van der Waals surface area contributed by atoms with Crippen LogP contribution in [0.4, 0.5) is 4.39 Å². The Bertz CT molecular complexity index is 549. The summed E-state index contributed by atoms with van der Waals surface area (Å²) in [6.07, 6.45) is 1.58. The summed E-state index contributed by atoms with van der Waals surface area (Å²) in [7, 11) is -0.517. The predicted octanol–water partition coefficient (Wildman–Crippen LogP) is 2.16. The summed E-state index contributed by atoms with van der Waals surface area (Å²) in [5, 5.41) is 0. The minimum Gasteiger partial charge on any atom is -0.400 e. The van der Waals surface area contributed by atoms with E-state index in [0.717, 1.165) is 6.07 Å². The van der Waals surface area contributed by atoms with E-state index in [1.807, 2.05) is 27.7 Å². The Balaban J connectivity index is 2.15. The molecule has 0 aromatic carbocycles. The van der Waals surface area contributed by atoms with E-state index >= 15 is 0 Å². The molecule has 1 saturated heterocycles. The number of aromatic nitrogens is 1. The molecule has 0 bridgehead atoms. The van der Waals surface area contributed by atoms with Crippen molar-refractivity contribution in [3.8, 4) is 0 Å². The lowest BCUT2D eigenvalue weighted by Gasteiger charge is -2.32. The highest BCUT2D eigenvalue weighted by Gasteiger charge is 2.49. The first-order chi connectivity index (χ1) is 8.69. The number of rotatable bonds is 2. The molecule has 1 aliphatic rings. The van der Waals surface area contributed by atoms with Crippen LogP contribution in [-0.2, 0) is 9.31 Å². The molecule has 19 heavy (non-hydrogen) atoms. The van der Waals surface area contributed by atoms with Crippen LogP contribution >= 0.6 is 0 Å². The molecule has 0 spiro atoms. The van der Waals surface area contributed by atoms with Gasteiger partial charge in [0.25, 0.3) is 0 Å². The summed E-state index contributed by atoms with van der Waals surface area (Å²) < 4.78 is 24.5. The molecule has 2 heterocycles. The Morgan fingerprint density at radius 3 is 2.32 bits per heavy atom. The standard InChI is InChI=1S/C13H17BFNO3/c1-12(2)13(3,4)19-14(18-12)6-5-9-7-10(17)8-11(15)16-9/h5-8H,1-4H3,(H,16,17)/b6-5+. The second kappa shape index (κ2) is 4.61. The van der Waals surface area contributed by atoms with Crippen molar-refractivity contribution in [2.75, 3.05) is 0 Å². The summed E-state index contributed by atoms with van der Waals surface area (Å²) in [4.78, 5) is 13.6. The van der Waals surface area contributed by atoms with Gasteiger partial charge < -0.3 is 14.3 Å². The first kappa shape index (κ1) is 14.0. The number of nitrogens with one attached hydrogen (secondary N) is 1. The summed E-state index contributed by atoms with van der Waals surface area (Å²) in [6.45, 7) is 7.80. The van der Waals surface area contributed by atoms with Crippen LogP contribution in [0.15, 0.2) is 22.9 Å². The van der Waals surface area contributed by atoms with Gasteiger partial charge in [-0.1, -0.05) is 5.98 Å². The molecular weight excluding hydrogens is 248 g/mol. The summed E-state index contributed by atoms with van der Waals surface area (Å²) in [6, 6.07) is 2.21. The van der Waals surface area contributed by atoms with Crippen LogP contribution < -0.4 is 5.43 Å². The zero-order chi connectivity index (χ0) is 14.3. The SMILES string of the molecule is CC1(C)OB(/C=C/c2cc(=O)cc(F)[nH]2)OC1(C)C. The van der Waals surface area contributed by atoms with Gasteiger partial charge in [-0.15, -0.1) is 0 Å². The van der Waals surface area contributed by atoms with Gasteiger partial charge in [0, 0.05) is 17.8 Å². The van der Waals surface area contributed by atoms with Crippen molar-refractivity contribution < 1.29 is 13.7 Å². The van der Waals surface area contributed by atoms with Crippen molar-refractivity contribution in [2.24, 2.45) is 0 Å². The Hall–Kier alpha value is -1.40. The van der Waals surface area contributed by atoms with E-state index in [2.05, 4.69) is 4.98 Å². The van der Waals surface area contributed by atoms with E-state index in [0.29, 0.717) is 5.69 Å². The van der Waals surface area contributed by atoms with Crippen LogP contribution in [0, 0.1) is 5.95 Å². The average molecular weight is 265 g/mol. The summed E-state index contributed by atoms with van der Waals surface area (Å²) in [5.41, 5.74) is -0.848. The molecule has 6 heteroatoms. The van der Waals surface area contributed by atoms with Crippen LogP contribution in [-0.4, -0.2) is 23.3 Å². The zero-order valence-corrected chi connectivity index (χ0v) is 11.5. The second-order valence-electron chi connectivity index (χ2n) is 5.60. The first-order valence-electron chi connectivity index (χ1n) is 6.13. The van der Waals surface area contributed by atoms with Crippen molar-refractivity contribution in [2.45, 2.75) is 38.9 Å². The zero-order valence-electron chi connectivity index (χ0n) is 11.5. The van der Waals surface area contributed by atoms with Crippen LogP contribution in [0.2, 0.25) is 0 Å². The van der Waals surface area contributed by atoms with Gasteiger partial charge in [0.15, 0.2) is 11.4 Å². The molecule has 2 rings (SSSR count). The first-order valence-corrected chi connectivity index (χ1v) is 6.13. The molecule has 4 nitrogen and oxygen atoms in total. The molecule has 1 aliphatic heterocycles. The van der Waals surface area contributed by atoms with Crippen molar-refractivity contribution in [3.63, 3.8) is 0 Å². The molecule has 0 radical (unpaired) electrons. The van der Waals surface area contributed by atoms with Gasteiger partial charge in [0.05, 0.1) is 11.2 Å². The Kier molecular flexibility index (Phi) is 3.41. The Morgan fingerprint density at radius 2 is 1.79 bits per heavy atom. The van der Waals surface area contributed by atoms with Crippen molar-refractivity contribution in [1.29, 1.82) is 0 Å². The van der Waals surface area contributed by atoms with E-state index in [-0.39, 0.29) is 5.43 Å². The molecule has 0 atom stereocenters. The number of hydrogen-bond donors (Lipinski definition) is 1. The molecule has 102 valence electrons. The molecule has 1 aromatic rings. The highest BCUT2D eigenvalue weighted by atomic mass is 19.1. The fourth-order valence-corrected chi connectivity index (χ4v) is 1.77. The van der Waals surface area contributed by atoms with E-state index in [9.17, 15) is 9.18 Å². The highest BCUT2D eigenvalue weighted by molar-refractivity contribution is 6.52. The molecule has 0 aliphatic carbocycles. The Morgan fingerprint density at radius 1 is 1.21 bits per heavy atom. The number of halogens is 1. The lowest BCUT2D eigenvalue weighted by molar-refractivity contribution is 0.00578. The highest BCUT2D eigenvalue weighted by Crippen LogP contribution is 2.36. The quantitative estimate of drug-likeness (QED) is 0.658. The topological polar surface area (TPSA) is 51.3 Å². The fourth-order valence-electron chi connectivity index (χ4n) is 1.77. The monoisotopic (exact) mass is 265 g/mol. The molecular formula is C13H17BFNO3. The molecule has 1 aromatic heterocycles. The van der Waals surface area contributed by atoms with Crippen LogP contribution in [0.3, 0.4) is 0 Å². The van der Waals surface area contributed by atoms with Gasteiger partial charge in [0.2, 0.25) is 0 Å². The number of aromatic amines is 1. The van der Waals surface area contributed by atoms with Crippen LogP contribution in [0.25, 0.3) is 6.08 Å². The maximum Gasteiger partial charge on any atom is 0.487 e. The minimum absolute atomic E-state index is 0.375. The maximum atomic E-state index is 13.0. The minimum atomic E-state index is -0.666. The van der Waals surface area contributed by atoms with E-state index in [1.165, 1.54) is 6.07 Å². The van der Waals surface area contributed by atoms with Crippen molar-refractivity contribution in [3.05, 3.63) is 40.0 Å². The molecule has 0 unspecified atom stereocenters. The lowest BCUT2D eigenvalue weighted by Crippen LogP contribution is -2.41. The third kappa shape index (κ3) is 2.96. The lowest BCUT2D eigenvalue weighted by atomic mass is 9.89. The van der Waals surface area contributed by atoms with Crippen molar-refractivity contribution in [1.82, 2.24) is 4.98 Å². The van der Waals surface area contributed by atoms with Gasteiger partial charge in [-0.05, 0) is 33.8 Å². The molecule has 0 saturated carbocycles. The number of hydrogen-bond acceptors (Lipinski definition) is 3. The van der Waals surface area contributed by atoms with Crippen LogP contribution in [0.1, 0.15) is 33.4 Å². The molecule has 1 N–H and O–H groups in total. The third-order valence-electron chi connectivity index (χ3n) is 3.53. The predicted molar refractivity (Wildman–Crippen MR) is 72.1 cm³/mol. The molecule has 0 amide bonds. The van der Waals surface area contributed by atoms with Crippen LogP contribution in [0.5, 0.6) is 0 Å². The largest absolute Gasteiger partial charge is 0.487 e. The van der Waals surface area contributed by atoms with Gasteiger partial charge in [0.1, 0.15) is 0 Å². The third-order valence-corrected chi connectivity index (χ3v) is 3.53. The number of pyridine rings is 1. The molecule has 1 fully saturated rings. The second-order valence-corrected chi connectivity index (χ2v) is 5.60. The van der Waals surface area contributed by atoms with E-state index in [4.69, 9.17) is 9.31 Å². The van der Waals surface area contributed by atoms with Gasteiger partial charge in [-0.2, -0.15) is 4.39 Å². The van der Waals surface area contributed by atoms with Gasteiger partial charge >= 0.3 is 7.12 Å². The van der Waals surface area contributed by atoms with Gasteiger partial charge in [-0.3, -0.25) is 4.79 Å². The van der Waals surface area contributed by atoms with Gasteiger partial charge in [-0.25, -0.2) is 0 Å². The maximum absolute atomic E-state index is 13.0.